The minimum Gasteiger partial charge on any atom is -0.373 e. The van der Waals surface area contributed by atoms with Crippen LogP contribution in [0.25, 0.3) is 0 Å². The number of ether oxygens (including phenoxy) is 1. The highest BCUT2D eigenvalue weighted by atomic mass is 16.5. The molecule has 1 heterocycles. The van der Waals surface area contributed by atoms with E-state index in [1.807, 2.05) is 0 Å². The summed E-state index contributed by atoms with van der Waals surface area (Å²) in [6.45, 7) is 10.4. The van der Waals surface area contributed by atoms with Gasteiger partial charge in [-0.25, -0.2) is 0 Å². The zero-order chi connectivity index (χ0) is 12.8. The second-order valence-corrected chi connectivity index (χ2v) is 7.23. The molecule has 102 valence electrons. The summed E-state index contributed by atoms with van der Waals surface area (Å²) in [4.78, 5) is 0. The highest BCUT2D eigenvalue weighted by Gasteiger charge is 2.61. The van der Waals surface area contributed by atoms with Crippen molar-refractivity contribution in [1.29, 1.82) is 0 Å². The lowest BCUT2D eigenvalue weighted by Crippen LogP contribution is -2.37. The number of hydrogen-bond donors (Lipinski definition) is 1. The Labute approximate surface area is 111 Å². The molecule has 2 saturated carbocycles. The van der Waals surface area contributed by atoms with Gasteiger partial charge in [-0.3, -0.25) is 0 Å². The Bertz CT molecular complexity index is 360. The fourth-order valence-electron chi connectivity index (χ4n) is 4.39. The third-order valence-electron chi connectivity index (χ3n) is 6.34. The van der Waals surface area contributed by atoms with E-state index in [0.29, 0.717) is 16.9 Å². The van der Waals surface area contributed by atoms with Gasteiger partial charge < -0.3 is 10.1 Å². The molecule has 1 aliphatic heterocycles. The molecule has 2 bridgehead atoms. The summed E-state index contributed by atoms with van der Waals surface area (Å²) in [6.07, 6.45) is 8.02. The lowest BCUT2D eigenvalue weighted by atomic mass is 9.70. The first kappa shape index (κ1) is 12.7. The average Bonchev–Trinajstić information content (AvgIpc) is 2.70. The molecule has 0 amide bonds. The van der Waals surface area contributed by atoms with Crippen molar-refractivity contribution in [1.82, 2.24) is 5.32 Å². The van der Waals surface area contributed by atoms with Crippen LogP contribution in [0.1, 0.15) is 46.5 Å². The van der Waals surface area contributed by atoms with E-state index in [1.165, 1.54) is 24.8 Å². The number of fused-ring (bicyclic) bond motifs is 2. The summed E-state index contributed by atoms with van der Waals surface area (Å²) in [5, 5.41) is 3.36. The van der Waals surface area contributed by atoms with Crippen molar-refractivity contribution in [3.63, 3.8) is 0 Å². The van der Waals surface area contributed by atoms with Crippen molar-refractivity contribution in [3.05, 3.63) is 11.6 Å². The van der Waals surface area contributed by atoms with Gasteiger partial charge in [0, 0.05) is 6.54 Å². The van der Waals surface area contributed by atoms with Crippen molar-refractivity contribution in [2.45, 2.75) is 52.6 Å². The second-order valence-electron chi connectivity index (χ2n) is 7.23. The predicted octanol–water partition coefficient (Wildman–Crippen LogP) is 3.14. The zero-order valence-electron chi connectivity index (χ0n) is 12.1. The monoisotopic (exact) mass is 249 g/mol. The Hall–Kier alpha value is -0.340. The highest BCUT2D eigenvalue weighted by molar-refractivity contribution is 5.12. The third-order valence-corrected chi connectivity index (χ3v) is 6.34. The molecule has 3 rings (SSSR count). The Kier molecular flexibility index (Phi) is 3.06. The fraction of sp³-hybridized carbons (Fsp3) is 0.875. The lowest BCUT2D eigenvalue weighted by molar-refractivity contribution is -0.0383. The van der Waals surface area contributed by atoms with E-state index in [0.717, 1.165) is 32.0 Å². The van der Waals surface area contributed by atoms with Gasteiger partial charge in [-0.2, -0.15) is 0 Å². The van der Waals surface area contributed by atoms with Gasteiger partial charge in [0.2, 0.25) is 0 Å². The van der Waals surface area contributed by atoms with E-state index in [1.54, 1.807) is 0 Å². The summed E-state index contributed by atoms with van der Waals surface area (Å²) in [5.74, 6) is 0.884. The van der Waals surface area contributed by atoms with Gasteiger partial charge in [-0.05, 0) is 54.5 Å². The molecule has 18 heavy (non-hydrogen) atoms. The fourth-order valence-corrected chi connectivity index (χ4v) is 4.39. The number of rotatable bonds is 3. The van der Waals surface area contributed by atoms with Crippen LogP contribution in [-0.4, -0.2) is 25.8 Å². The van der Waals surface area contributed by atoms with Gasteiger partial charge in [-0.15, -0.1) is 0 Å². The smallest absolute Gasteiger partial charge is 0.0681 e. The normalized spacial score (nSPS) is 42.1. The Balaban J connectivity index is 1.63. The van der Waals surface area contributed by atoms with E-state index in [4.69, 9.17) is 4.74 Å². The van der Waals surface area contributed by atoms with Gasteiger partial charge in [0.05, 0.1) is 12.7 Å². The molecule has 0 aromatic rings. The largest absolute Gasteiger partial charge is 0.373 e. The van der Waals surface area contributed by atoms with Crippen LogP contribution in [0.15, 0.2) is 11.6 Å². The molecule has 0 radical (unpaired) electrons. The third kappa shape index (κ3) is 1.77. The Morgan fingerprint density at radius 2 is 2.22 bits per heavy atom. The van der Waals surface area contributed by atoms with Crippen LogP contribution in [0.3, 0.4) is 0 Å². The van der Waals surface area contributed by atoms with Crippen LogP contribution in [-0.2, 0) is 4.74 Å². The maximum Gasteiger partial charge on any atom is 0.0681 e. The maximum atomic E-state index is 6.32. The van der Waals surface area contributed by atoms with E-state index < -0.39 is 0 Å². The topological polar surface area (TPSA) is 21.3 Å². The van der Waals surface area contributed by atoms with Crippen molar-refractivity contribution < 1.29 is 4.74 Å². The molecule has 1 N–H and O–H groups in total. The van der Waals surface area contributed by atoms with Gasteiger partial charge >= 0.3 is 0 Å². The Morgan fingerprint density at radius 3 is 2.78 bits per heavy atom. The van der Waals surface area contributed by atoms with E-state index in [-0.39, 0.29) is 0 Å². The molecule has 2 nitrogen and oxygen atoms in total. The number of nitrogens with one attached hydrogen (secondary N) is 1. The van der Waals surface area contributed by atoms with Gasteiger partial charge in [0.15, 0.2) is 0 Å². The van der Waals surface area contributed by atoms with Crippen molar-refractivity contribution in [2.24, 2.45) is 16.7 Å². The first-order chi connectivity index (χ1) is 8.54. The van der Waals surface area contributed by atoms with Crippen molar-refractivity contribution in [3.8, 4) is 0 Å². The standard InChI is InChI=1S/C16H27NO/c1-15(2)13-4-7-16(15,3)14(10-13)18-11-12-5-8-17-9-6-12/h5,13-14,17H,4,6-11H2,1-3H3. The summed E-state index contributed by atoms with van der Waals surface area (Å²) in [5.41, 5.74) is 2.38. The molecule has 2 fully saturated rings. The minimum absolute atomic E-state index is 0.408. The molecular formula is C16H27NO. The van der Waals surface area contributed by atoms with Gasteiger partial charge in [-0.1, -0.05) is 26.8 Å². The second kappa shape index (κ2) is 4.35. The molecule has 0 saturated heterocycles. The summed E-state index contributed by atoms with van der Waals surface area (Å²) < 4.78 is 6.32. The first-order valence-electron chi connectivity index (χ1n) is 7.54. The van der Waals surface area contributed by atoms with Crippen LogP contribution in [0, 0.1) is 16.7 Å². The highest BCUT2D eigenvalue weighted by Crippen LogP contribution is 2.66. The molecule has 3 atom stereocenters. The number of hydrogen-bond acceptors (Lipinski definition) is 2. The lowest BCUT2D eigenvalue weighted by Gasteiger charge is -2.39. The molecule has 0 aromatic carbocycles. The molecule has 2 heteroatoms. The zero-order valence-corrected chi connectivity index (χ0v) is 12.1. The molecule has 2 aliphatic carbocycles. The van der Waals surface area contributed by atoms with E-state index >= 15 is 0 Å². The summed E-state index contributed by atoms with van der Waals surface area (Å²) in [6, 6.07) is 0. The van der Waals surface area contributed by atoms with E-state index in [2.05, 4.69) is 32.2 Å². The predicted molar refractivity (Wildman–Crippen MR) is 74.5 cm³/mol. The van der Waals surface area contributed by atoms with Crippen molar-refractivity contribution in [2.75, 3.05) is 19.7 Å². The molecule has 3 aliphatic rings. The van der Waals surface area contributed by atoms with Crippen LogP contribution in [0.5, 0.6) is 0 Å². The average molecular weight is 249 g/mol. The molecule has 0 aromatic heterocycles. The van der Waals surface area contributed by atoms with Crippen LogP contribution in [0.4, 0.5) is 0 Å². The van der Waals surface area contributed by atoms with Crippen LogP contribution >= 0.6 is 0 Å². The molecule has 3 unspecified atom stereocenters. The van der Waals surface area contributed by atoms with Gasteiger partial charge in [0.1, 0.15) is 0 Å². The quantitative estimate of drug-likeness (QED) is 0.776. The first-order valence-corrected chi connectivity index (χ1v) is 7.54. The summed E-state index contributed by atoms with van der Waals surface area (Å²) in [7, 11) is 0. The van der Waals surface area contributed by atoms with Crippen LogP contribution < -0.4 is 5.32 Å². The summed E-state index contributed by atoms with van der Waals surface area (Å²) >= 11 is 0. The maximum absolute atomic E-state index is 6.32. The van der Waals surface area contributed by atoms with Crippen LogP contribution in [0.2, 0.25) is 0 Å². The Morgan fingerprint density at radius 1 is 1.39 bits per heavy atom. The molecule has 0 spiro atoms. The SMILES string of the molecule is CC1(C)C2CCC1(C)C(OCC1=CCNCC1)C2. The van der Waals surface area contributed by atoms with Gasteiger partial charge in [0.25, 0.3) is 0 Å². The minimum atomic E-state index is 0.408. The van der Waals surface area contributed by atoms with Crippen molar-refractivity contribution >= 4 is 0 Å². The molecular weight excluding hydrogens is 222 g/mol. The van der Waals surface area contributed by atoms with E-state index in [9.17, 15) is 0 Å².